The van der Waals surface area contributed by atoms with Gasteiger partial charge in [0.05, 0.1) is 16.8 Å². The SMILES string of the molecule is CS(=O)(=O)c1ccc(-c2ccn3c(-c4ccc(CNC(=O)Nc5ccc(OC(F)(F)F)cc5)cc4)cnc3c2)cc1. The van der Waals surface area contributed by atoms with E-state index in [1.807, 2.05) is 47.0 Å². The highest BCUT2D eigenvalue weighted by atomic mass is 32.2. The van der Waals surface area contributed by atoms with Crippen molar-refractivity contribution in [3.63, 3.8) is 0 Å². The largest absolute Gasteiger partial charge is 0.573 e. The van der Waals surface area contributed by atoms with Crippen molar-refractivity contribution in [2.45, 2.75) is 17.8 Å². The maximum Gasteiger partial charge on any atom is 0.573 e. The molecule has 0 atom stereocenters. The van der Waals surface area contributed by atoms with Crippen LogP contribution in [0.4, 0.5) is 23.7 Å². The van der Waals surface area contributed by atoms with Gasteiger partial charge in [-0.2, -0.15) is 0 Å². The minimum atomic E-state index is -4.78. The lowest BCUT2D eigenvalue weighted by atomic mass is 10.1. The molecule has 0 bridgehead atoms. The Morgan fingerprint density at radius 1 is 0.902 bits per heavy atom. The molecule has 0 saturated heterocycles. The van der Waals surface area contributed by atoms with Gasteiger partial charge in [0.1, 0.15) is 11.4 Å². The molecule has 5 rings (SSSR count). The first kappa shape index (κ1) is 27.7. The summed E-state index contributed by atoms with van der Waals surface area (Å²) < 4.78 is 66.0. The van der Waals surface area contributed by atoms with E-state index >= 15 is 0 Å². The molecule has 0 unspecified atom stereocenters. The molecule has 2 aromatic heterocycles. The van der Waals surface area contributed by atoms with E-state index in [1.165, 1.54) is 18.4 Å². The predicted octanol–water partition coefficient (Wildman–Crippen LogP) is 6.29. The molecule has 0 aliphatic heterocycles. The molecule has 2 N–H and O–H groups in total. The second-order valence-electron chi connectivity index (χ2n) is 9.16. The van der Waals surface area contributed by atoms with Crippen LogP contribution in [-0.4, -0.2) is 36.5 Å². The zero-order chi connectivity index (χ0) is 29.2. The van der Waals surface area contributed by atoms with Gasteiger partial charge < -0.3 is 15.4 Å². The highest BCUT2D eigenvalue weighted by molar-refractivity contribution is 7.90. The molecule has 5 aromatic rings. The molecule has 8 nitrogen and oxygen atoms in total. The molecular formula is C29H23F3N4O4S. The van der Waals surface area contributed by atoms with Crippen LogP contribution in [0.2, 0.25) is 0 Å². The number of halogens is 3. The predicted molar refractivity (Wildman–Crippen MR) is 148 cm³/mol. The summed E-state index contributed by atoms with van der Waals surface area (Å²) >= 11 is 0. The van der Waals surface area contributed by atoms with Gasteiger partial charge in [-0.3, -0.25) is 4.40 Å². The van der Waals surface area contributed by atoms with Crippen molar-refractivity contribution < 1.29 is 31.1 Å². The van der Waals surface area contributed by atoms with Crippen LogP contribution in [0.25, 0.3) is 28.0 Å². The lowest BCUT2D eigenvalue weighted by molar-refractivity contribution is -0.274. The van der Waals surface area contributed by atoms with Crippen molar-refractivity contribution in [3.05, 3.63) is 103 Å². The summed E-state index contributed by atoms with van der Waals surface area (Å²) in [6.45, 7) is 0.232. The Balaban J connectivity index is 1.21. The summed E-state index contributed by atoms with van der Waals surface area (Å²) in [6.07, 6.45) is 0.0529. The van der Waals surface area contributed by atoms with E-state index in [9.17, 15) is 26.4 Å². The van der Waals surface area contributed by atoms with Gasteiger partial charge in [-0.05, 0) is 65.2 Å². The Bertz CT molecular complexity index is 1800. The standard InChI is InChI=1S/C29H23F3N4O4S/c1-41(38,39)25-12-6-20(7-13-25)22-14-15-36-26(18-33-27(36)16-22)21-4-2-19(3-5-21)17-34-28(37)35-23-8-10-24(11-9-23)40-29(30,31)32/h2-16,18H,17H2,1H3,(H2,34,35,37). The van der Waals surface area contributed by atoms with Gasteiger partial charge >= 0.3 is 12.4 Å². The van der Waals surface area contributed by atoms with Gasteiger partial charge in [0, 0.05) is 30.2 Å². The van der Waals surface area contributed by atoms with E-state index in [4.69, 9.17) is 0 Å². The number of benzene rings is 3. The highest BCUT2D eigenvalue weighted by Crippen LogP contribution is 2.27. The van der Waals surface area contributed by atoms with E-state index in [0.717, 1.165) is 45.7 Å². The van der Waals surface area contributed by atoms with Crippen LogP contribution in [0.1, 0.15) is 5.56 Å². The zero-order valence-electron chi connectivity index (χ0n) is 21.5. The van der Waals surface area contributed by atoms with E-state index in [2.05, 4.69) is 20.4 Å². The summed E-state index contributed by atoms with van der Waals surface area (Å²) in [4.78, 5) is 17.0. The van der Waals surface area contributed by atoms with E-state index in [1.54, 1.807) is 30.5 Å². The summed E-state index contributed by atoms with van der Waals surface area (Å²) in [5, 5.41) is 5.26. The molecule has 0 saturated carbocycles. The third-order valence-corrected chi connectivity index (χ3v) is 7.31. The van der Waals surface area contributed by atoms with Gasteiger partial charge in [0.2, 0.25) is 0 Å². The first-order valence-corrected chi connectivity index (χ1v) is 14.1. The number of anilines is 1. The Morgan fingerprint density at radius 3 is 2.20 bits per heavy atom. The van der Waals surface area contributed by atoms with Gasteiger partial charge in [-0.15, -0.1) is 13.2 Å². The number of nitrogens with zero attached hydrogens (tertiary/aromatic N) is 2. The third kappa shape index (κ3) is 6.84. The minimum Gasteiger partial charge on any atom is -0.406 e. The third-order valence-electron chi connectivity index (χ3n) is 6.18. The quantitative estimate of drug-likeness (QED) is 0.236. The van der Waals surface area contributed by atoms with E-state index in [-0.39, 0.29) is 17.2 Å². The number of pyridine rings is 1. The fourth-order valence-electron chi connectivity index (χ4n) is 4.16. The van der Waals surface area contributed by atoms with E-state index in [0.29, 0.717) is 5.69 Å². The number of aromatic nitrogens is 2. The number of carbonyl (C=O) groups excluding carboxylic acids is 1. The lowest BCUT2D eigenvalue weighted by Crippen LogP contribution is -2.28. The van der Waals surface area contributed by atoms with Crippen molar-refractivity contribution in [1.82, 2.24) is 14.7 Å². The van der Waals surface area contributed by atoms with Crippen LogP contribution >= 0.6 is 0 Å². The average Bonchev–Trinajstić information content (AvgIpc) is 3.35. The normalized spacial score (nSPS) is 11.8. The number of imidazole rings is 1. The second kappa shape index (κ2) is 11.0. The Hall–Kier alpha value is -4.84. The summed E-state index contributed by atoms with van der Waals surface area (Å²) in [5.41, 5.74) is 5.44. The number of sulfone groups is 1. The van der Waals surface area contributed by atoms with Crippen molar-refractivity contribution >= 4 is 27.2 Å². The molecule has 0 spiro atoms. The highest BCUT2D eigenvalue weighted by Gasteiger charge is 2.31. The molecule has 210 valence electrons. The smallest absolute Gasteiger partial charge is 0.406 e. The molecule has 0 radical (unpaired) electrons. The number of ether oxygens (including phenoxy) is 1. The average molecular weight is 581 g/mol. The Kier molecular flexibility index (Phi) is 7.41. The zero-order valence-corrected chi connectivity index (χ0v) is 22.3. The number of fused-ring (bicyclic) bond motifs is 1. The van der Waals surface area contributed by atoms with Crippen LogP contribution in [-0.2, 0) is 16.4 Å². The number of nitrogens with one attached hydrogen (secondary N) is 2. The monoisotopic (exact) mass is 580 g/mol. The van der Waals surface area contributed by atoms with Gasteiger partial charge in [-0.1, -0.05) is 36.4 Å². The van der Waals surface area contributed by atoms with Crippen LogP contribution in [0, 0.1) is 0 Å². The molecule has 2 heterocycles. The van der Waals surface area contributed by atoms with Crippen molar-refractivity contribution in [2.24, 2.45) is 0 Å². The molecule has 3 aromatic carbocycles. The molecule has 0 aliphatic rings. The maximum absolute atomic E-state index is 12.3. The molecular weight excluding hydrogens is 557 g/mol. The van der Waals surface area contributed by atoms with Crippen LogP contribution in [0.5, 0.6) is 5.75 Å². The number of rotatable bonds is 7. The van der Waals surface area contributed by atoms with Crippen LogP contribution < -0.4 is 15.4 Å². The number of alkyl halides is 3. The first-order valence-electron chi connectivity index (χ1n) is 12.2. The number of urea groups is 1. The van der Waals surface area contributed by atoms with Crippen LogP contribution in [0.15, 0.2) is 102 Å². The second-order valence-corrected chi connectivity index (χ2v) is 11.2. The Labute approximate surface area is 233 Å². The Morgan fingerprint density at radius 2 is 1.56 bits per heavy atom. The molecule has 2 amide bonds. The first-order chi connectivity index (χ1) is 19.4. The summed E-state index contributed by atoms with van der Waals surface area (Å²) in [5.74, 6) is -0.379. The van der Waals surface area contributed by atoms with Crippen molar-refractivity contribution in [1.29, 1.82) is 0 Å². The topological polar surface area (TPSA) is 102 Å². The fourth-order valence-corrected chi connectivity index (χ4v) is 4.79. The number of amides is 2. The van der Waals surface area contributed by atoms with Gasteiger partial charge in [0.15, 0.2) is 9.84 Å². The lowest BCUT2D eigenvalue weighted by Gasteiger charge is -2.11. The maximum atomic E-state index is 12.3. The minimum absolute atomic E-state index is 0.232. The van der Waals surface area contributed by atoms with E-state index < -0.39 is 22.2 Å². The summed E-state index contributed by atoms with van der Waals surface area (Å²) in [6, 6.07) is 22.5. The number of hydrogen-bond donors (Lipinski definition) is 2. The van der Waals surface area contributed by atoms with Gasteiger partial charge in [-0.25, -0.2) is 18.2 Å². The molecule has 41 heavy (non-hydrogen) atoms. The molecule has 0 fully saturated rings. The van der Waals surface area contributed by atoms with Crippen molar-refractivity contribution in [3.8, 4) is 28.1 Å². The fraction of sp³-hybridized carbons (Fsp3) is 0.103. The molecule has 0 aliphatic carbocycles. The van der Waals surface area contributed by atoms with Crippen LogP contribution in [0.3, 0.4) is 0 Å². The summed E-state index contributed by atoms with van der Waals surface area (Å²) in [7, 11) is -3.27. The number of carbonyl (C=O) groups is 1. The van der Waals surface area contributed by atoms with Crippen molar-refractivity contribution in [2.75, 3.05) is 11.6 Å². The number of hydrogen-bond acceptors (Lipinski definition) is 5. The van der Waals surface area contributed by atoms with Gasteiger partial charge in [0.25, 0.3) is 0 Å². The molecule has 12 heteroatoms.